The summed E-state index contributed by atoms with van der Waals surface area (Å²) in [5.74, 6) is -4.08. The van der Waals surface area contributed by atoms with Gasteiger partial charge in [0.05, 0.1) is 5.92 Å². The summed E-state index contributed by atoms with van der Waals surface area (Å²) in [5.41, 5.74) is 0.919. The standard InChI is InChI=1S/C13H13ClO4/c1-8(12(16)13(17)18)11(15)7-4-9-2-5-10(14)6-3-9/h2-3,5-6,8H,4,7H2,1H3,(H,17,18). The highest BCUT2D eigenvalue weighted by atomic mass is 35.5. The van der Waals surface area contributed by atoms with Gasteiger partial charge in [-0.15, -0.1) is 0 Å². The van der Waals surface area contributed by atoms with E-state index in [-0.39, 0.29) is 12.2 Å². The lowest BCUT2D eigenvalue weighted by Crippen LogP contribution is -2.27. The summed E-state index contributed by atoms with van der Waals surface area (Å²) in [6.45, 7) is 1.32. The van der Waals surface area contributed by atoms with E-state index < -0.39 is 17.7 Å². The normalized spacial score (nSPS) is 11.9. The van der Waals surface area contributed by atoms with Crippen LogP contribution in [0.3, 0.4) is 0 Å². The molecule has 1 unspecified atom stereocenters. The Morgan fingerprint density at radius 2 is 1.78 bits per heavy atom. The molecular weight excluding hydrogens is 256 g/mol. The fraction of sp³-hybridized carbons (Fsp3) is 0.308. The van der Waals surface area contributed by atoms with E-state index in [0.29, 0.717) is 11.4 Å². The van der Waals surface area contributed by atoms with Crippen molar-refractivity contribution in [3.63, 3.8) is 0 Å². The highest BCUT2D eigenvalue weighted by Gasteiger charge is 2.26. The molecule has 0 aliphatic rings. The number of aliphatic carboxylic acids is 1. The van der Waals surface area contributed by atoms with E-state index in [2.05, 4.69) is 0 Å². The molecule has 0 bridgehead atoms. The van der Waals surface area contributed by atoms with Crippen molar-refractivity contribution < 1.29 is 19.5 Å². The highest BCUT2D eigenvalue weighted by molar-refractivity contribution is 6.37. The Morgan fingerprint density at radius 1 is 1.22 bits per heavy atom. The van der Waals surface area contributed by atoms with Gasteiger partial charge in [0.2, 0.25) is 5.78 Å². The Hall–Kier alpha value is -1.68. The number of carbonyl (C=O) groups excluding carboxylic acids is 2. The number of carboxylic acids is 1. The van der Waals surface area contributed by atoms with Crippen molar-refractivity contribution in [3.05, 3.63) is 34.9 Å². The number of ketones is 2. The summed E-state index contributed by atoms with van der Waals surface area (Å²) < 4.78 is 0. The summed E-state index contributed by atoms with van der Waals surface area (Å²) in [6.07, 6.45) is 0.606. The van der Waals surface area contributed by atoms with Crippen LogP contribution in [0.4, 0.5) is 0 Å². The van der Waals surface area contributed by atoms with Crippen molar-refractivity contribution in [2.45, 2.75) is 19.8 Å². The van der Waals surface area contributed by atoms with E-state index in [1.54, 1.807) is 24.3 Å². The van der Waals surface area contributed by atoms with Gasteiger partial charge in [-0.3, -0.25) is 9.59 Å². The fourth-order valence-electron chi connectivity index (χ4n) is 1.47. The van der Waals surface area contributed by atoms with Gasteiger partial charge in [0.1, 0.15) is 5.78 Å². The number of Topliss-reactive ketones (excluding diaryl/α,β-unsaturated/α-hetero) is 2. The molecule has 1 atom stereocenters. The average molecular weight is 269 g/mol. The van der Waals surface area contributed by atoms with E-state index in [1.165, 1.54) is 6.92 Å². The predicted molar refractivity (Wildman–Crippen MR) is 66.6 cm³/mol. The number of benzene rings is 1. The Kier molecular flexibility index (Phi) is 5.04. The molecule has 0 aliphatic heterocycles. The quantitative estimate of drug-likeness (QED) is 0.634. The van der Waals surface area contributed by atoms with Gasteiger partial charge in [-0.1, -0.05) is 23.7 Å². The molecule has 1 rings (SSSR count). The van der Waals surface area contributed by atoms with Crippen LogP contribution in [0.25, 0.3) is 0 Å². The van der Waals surface area contributed by atoms with Crippen molar-refractivity contribution >= 4 is 29.1 Å². The number of carboxylic acid groups (broad SMARTS) is 1. The smallest absolute Gasteiger partial charge is 0.372 e. The van der Waals surface area contributed by atoms with Crippen LogP contribution in [0.15, 0.2) is 24.3 Å². The lowest BCUT2D eigenvalue weighted by Gasteiger charge is -2.06. The Bertz CT molecular complexity index is 464. The second-order valence-electron chi connectivity index (χ2n) is 3.98. The van der Waals surface area contributed by atoms with Gasteiger partial charge in [0.15, 0.2) is 0 Å². The molecule has 1 aromatic carbocycles. The molecule has 0 amide bonds. The first-order valence-electron chi connectivity index (χ1n) is 5.46. The number of rotatable bonds is 6. The van der Waals surface area contributed by atoms with Gasteiger partial charge in [0.25, 0.3) is 0 Å². The van der Waals surface area contributed by atoms with Gasteiger partial charge < -0.3 is 5.11 Å². The number of hydrogen-bond acceptors (Lipinski definition) is 3. The maximum Gasteiger partial charge on any atom is 0.372 e. The zero-order chi connectivity index (χ0) is 13.7. The molecule has 0 radical (unpaired) electrons. The van der Waals surface area contributed by atoms with E-state index in [0.717, 1.165) is 5.56 Å². The SMILES string of the molecule is CC(C(=O)CCc1ccc(Cl)cc1)C(=O)C(=O)O. The minimum Gasteiger partial charge on any atom is -0.475 e. The van der Waals surface area contributed by atoms with Crippen LogP contribution in [0.1, 0.15) is 18.9 Å². The minimum absolute atomic E-state index is 0.141. The molecule has 0 saturated carbocycles. The van der Waals surface area contributed by atoms with Gasteiger partial charge in [-0.05, 0) is 31.0 Å². The summed E-state index contributed by atoms with van der Waals surface area (Å²) in [7, 11) is 0. The first kappa shape index (κ1) is 14.4. The first-order valence-corrected chi connectivity index (χ1v) is 5.84. The van der Waals surface area contributed by atoms with Crippen molar-refractivity contribution in [2.24, 2.45) is 5.92 Å². The lowest BCUT2D eigenvalue weighted by molar-refractivity contribution is -0.152. The maximum atomic E-state index is 11.6. The topological polar surface area (TPSA) is 71.4 Å². The van der Waals surface area contributed by atoms with Crippen LogP contribution in [0.2, 0.25) is 5.02 Å². The van der Waals surface area contributed by atoms with E-state index in [1.807, 2.05) is 0 Å². The van der Waals surface area contributed by atoms with Crippen LogP contribution in [-0.2, 0) is 20.8 Å². The number of aryl methyl sites for hydroxylation is 1. The molecule has 4 nitrogen and oxygen atoms in total. The predicted octanol–water partition coefficient (Wildman–Crippen LogP) is 2.13. The van der Waals surface area contributed by atoms with Gasteiger partial charge in [-0.2, -0.15) is 0 Å². The maximum absolute atomic E-state index is 11.6. The van der Waals surface area contributed by atoms with E-state index >= 15 is 0 Å². The second-order valence-corrected chi connectivity index (χ2v) is 4.42. The van der Waals surface area contributed by atoms with Gasteiger partial charge in [0, 0.05) is 11.4 Å². The molecule has 5 heteroatoms. The molecular formula is C13H13ClO4. The van der Waals surface area contributed by atoms with Gasteiger partial charge in [-0.25, -0.2) is 4.79 Å². The van der Waals surface area contributed by atoms with Crippen molar-refractivity contribution in [1.82, 2.24) is 0 Å². The van der Waals surface area contributed by atoms with Crippen LogP contribution in [-0.4, -0.2) is 22.6 Å². The summed E-state index contributed by atoms with van der Waals surface area (Å²) in [5, 5.41) is 9.11. The number of carbonyl (C=O) groups is 3. The summed E-state index contributed by atoms with van der Waals surface area (Å²) in [6, 6.07) is 7.01. The largest absolute Gasteiger partial charge is 0.475 e. The van der Waals surface area contributed by atoms with Crippen molar-refractivity contribution in [2.75, 3.05) is 0 Å². The first-order chi connectivity index (χ1) is 8.41. The zero-order valence-corrected chi connectivity index (χ0v) is 10.6. The third-order valence-electron chi connectivity index (χ3n) is 2.66. The fourth-order valence-corrected chi connectivity index (χ4v) is 1.59. The van der Waals surface area contributed by atoms with Crippen LogP contribution in [0, 0.1) is 5.92 Å². The van der Waals surface area contributed by atoms with Crippen LogP contribution >= 0.6 is 11.6 Å². The molecule has 0 spiro atoms. The number of hydrogen-bond donors (Lipinski definition) is 1. The summed E-state index contributed by atoms with van der Waals surface area (Å²) >= 11 is 5.72. The third-order valence-corrected chi connectivity index (χ3v) is 2.91. The van der Waals surface area contributed by atoms with Gasteiger partial charge >= 0.3 is 5.97 Å². The highest BCUT2D eigenvalue weighted by Crippen LogP contribution is 2.12. The van der Waals surface area contributed by atoms with E-state index in [9.17, 15) is 14.4 Å². The molecule has 96 valence electrons. The molecule has 0 aliphatic carbocycles. The third kappa shape index (κ3) is 3.96. The lowest BCUT2D eigenvalue weighted by atomic mass is 9.96. The van der Waals surface area contributed by atoms with Crippen LogP contribution < -0.4 is 0 Å². The Morgan fingerprint density at radius 3 is 2.28 bits per heavy atom. The molecule has 0 aromatic heterocycles. The monoisotopic (exact) mass is 268 g/mol. The summed E-state index contributed by atoms with van der Waals surface area (Å²) in [4.78, 5) is 33.2. The Labute approximate surface area is 110 Å². The van der Waals surface area contributed by atoms with E-state index in [4.69, 9.17) is 16.7 Å². The Balaban J connectivity index is 2.53. The molecule has 18 heavy (non-hydrogen) atoms. The molecule has 0 saturated heterocycles. The molecule has 0 heterocycles. The number of halogens is 1. The molecule has 1 aromatic rings. The van der Waals surface area contributed by atoms with Crippen molar-refractivity contribution in [3.8, 4) is 0 Å². The average Bonchev–Trinajstić information content (AvgIpc) is 2.35. The minimum atomic E-state index is -1.57. The molecule has 1 N–H and O–H groups in total. The zero-order valence-electron chi connectivity index (χ0n) is 9.85. The molecule has 0 fully saturated rings. The van der Waals surface area contributed by atoms with Crippen molar-refractivity contribution in [1.29, 1.82) is 0 Å². The van der Waals surface area contributed by atoms with Crippen LogP contribution in [0.5, 0.6) is 0 Å². The second kappa shape index (κ2) is 6.31.